The van der Waals surface area contributed by atoms with E-state index in [1.807, 2.05) is 18.2 Å². The standard InChI is InChI=1S/C25H38N2O6/c1-6-25(12-7-8-13-27(5)16-25)18-10-9-11-19(14-18)33-23(31)24(4,32)15-20(28)26-21(17(2)3)22(29)30/h9-11,14,17,21,32H,6-8,12-13,15-16H2,1-5H3,(H,26,28)(H,29,30). The second kappa shape index (κ2) is 11.1. The summed E-state index contributed by atoms with van der Waals surface area (Å²) in [6.07, 6.45) is 3.67. The predicted molar refractivity (Wildman–Crippen MR) is 125 cm³/mol. The van der Waals surface area contributed by atoms with Crippen LogP contribution in [0.2, 0.25) is 0 Å². The molecule has 1 heterocycles. The van der Waals surface area contributed by atoms with Crippen molar-refractivity contribution < 1.29 is 29.3 Å². The van der Waals surface area contributed by atoms with Crippen LogP contribution in [0.1, 0.15) is 65.4 Å². The maximum Gasteiger partial charge on any atom is 0.343 e. The molecule has 33 heavy (non-hydrogen) atoms. The summed E-state index contributed by atoms with van der Waals surface area (Å²) in [4.78, 5) is 38.6. The van der Waals surface area contributed by atoms with Gasteiger partial charge in [-0.05, 0) is 63.4 Å². The molecule has 8 nitrogen and oxygen atoms in total. The van der Waals surface area contributed by atoms with Crippen molar-refractivity contribution in [2.24, 2.45) is 5.92 Å². The van der Waals surface area contributed by atoms with Crippen LogP contribution in [0.25, 0.3) is 0 Å². The minimum absolute atomic E-state index is 0.0429. The van der Waals surface area contributed by atoms with E-state index in [-0.39, 0.29) is 11.3 Å². The first-order valence-corrected chi connectivity index (χ1v) is 11.7. The minimum Gasteiger partial charge on any atom is -0.480 e. The molecule has 1 aromatic carbocycles. The summed E-state index contributed by atoms with van der Waals surface area (Å²) in [6, 6.07) is 6.27. The van der Waals surface area contributed by atoms with Crippen molar-refractivity contribution in [3.05, 3.63) is 29.8 Å². The summed E-state index contributed by atoms with van der Waals surface area (Å²) in [5.74, 6) is -2.91. The van der Waals surface area contributed by atoms with Crippen LogP contribution in [-0.4, -0.2) is 64.7 Å². The smallest absolute Gasteiger partial charge is 0.343 e. The molecule has 3 unspecified atom stereocenters. The molecule has 0 bridgehead atoms. The van der Waals surface area contributed by atoms with Crippen molar-refractivity contribution in [3.63, 3.8) is 0 Å². The van der Waals surface area contributed by atoms with Gasteiger partial charge in [-0.1, -0.05) is 39.3 Å². The Hall–Kier alpha value is -2.45. The molecule has 3 N–H and O–H groups in total. The van der Waals surface area contributed by atoms with Gasteiger partial charge >= 0.3 is 11.9 Å². The van der Waals surface area contributed by atoms with E-state index in [2.05, 4.69) is 24.2 Å². The molecule has 0 spiro atoms. The Morgan fingerprint density at radius 1 is 1.27 bits per heavy atom. The predicted octanol–water partition coefficient (Wildman–Crippen LogP) is 2.72. The van der Waals surface area contributed by atoms with Crippen LogP contribution in [0.3, 0.4) is 0 Å². The number of benzene rings is 1. The second-order valence-corrected chi connectivity index (χ2v) is 9.82. The molecule has 2 rings (SSSR count). The zero-order valence-corrected chi connectivity index (χ0v) is 20.4. The van der Waals surface area contributed by atoms with E-state index in [4.69, 9.17) is 4.74 Å². The average Bonchev–Trinajstić information content (AvgIpc) is 2.93. The highest BCUT2D eigenvalue weighted by Gasteiger charge is 2.37. The Labute approximate surface area is 196 Å². The molecule has 1 aromatic rings. The first-order valence-electron chi connectivity index (χ1n) is 11.7. The number of esters is 1. The molecule has 1 saturated heterocycles. The molecular formula is C25H38N2O6. The fourth-order valence-electron chi connectivity index (χ4n) is 4.48. The van der Waals surface area contributed by atoms with E-state index >= 15 is 0 Å². The van der Waals surface area contributed by atoms with Crippen molar-refractivity contribution in [2.45, 2.75) is 76.9 Å². The van der Waals surface area contributed by atoms with Crippen molar-refractivity contribution in [1.29, 1.82) is 0 Å². The lowest BCUT2D eigenvalue weighted by molar-refractivity contribution is -0.157. The lowest BCUT2D eigenvalue weighted by Gasteiger charge is -2.35. The van der Waals surface area contributed by atoms with Gasteiger partial charge in [-0.25, -0.2) is 9.59 Å². The monoisotopic (exact) mass is 462 g/mol. The van der Waals surface area contributed by atoms with Gasteiger partial charge in [-0.3, -0.25) is 4.79 Å². The summed E-state index contributed by atoms with van der Waals surface area (Å²) in [7, 11) is 2.12. The first-order chi connectivity index (χ1) is 15.4. The number of rotatable bonds is 9. The van der Waals surface area contributed by atoms with Crippen LogP contribution >= 0.6 is 0 Å². The Balaban J connectivity index is 2.13. The number of amides is 1. The lowest BCUT2D eigenvalue weighted by Crippen LogP contribution is -2.49. The number of carboxylic acid groups (broad SMARTS) is 1. The number of likely N-dealkylation sites (N-methyl/N-ethyl adjacent to an activating group) is 1. The molecule has 3 atom stereocenters. The van der Waals surface area contributed by atoms with Crippen molar-refractivity contribution in [2.75, 3.05) is 20.1 Å². The molecule has 0 saturated carbocycles. The van der Waals surface area contributed by atoms with Crippen molar-refractivity contribution in [3.8, 4) is 5.75 Å². The molecule has 0 radical (unpaired) electrons. The zero-order valence-electron chi connectivity index (χ0n) is 20.4. The fourth-order valence-corrected chi connectivity index (χ4v) is 4.48. The average molecular weight is 463 g/mol. The molecule has 8 heteroatoms. The van der Waals surface area contributed by atoms with E-state index in [0.29, 0.717) is 5.75 Å². The van der Waals surface area contributed by atoms with Crippen LogP contribution in [0, 0.1) is 5.92 Å². The number of carbonyl (C=O) groups excluding carboxylic acids is 2. The van der Waals surface area contributed by atoms with Gasteiger partial charge in [0.05, 0.1) is 6.42 Å². The van der Waals surface area contributed by atoms with Gasteiger partial charge < -0.3 is 25.2 Å². The van der Waals surface area contributed by atoms with Crippen LogP contribution < -0.4 is 10.1 Å². The van der Waals surface area contributed by atoms with Crippen molar-refractivity contribution in [1.82, 2.24) is 10.2 Å². The molecule has 1 fully saturated rings. The molecule has 1 aliphatic rings. The Morgan fingerprint density at radius 2 is 1.97 bits per heavy atom. The normalized spacial score (nSPS) is 22.2. The third-order valence-electron chi connectivity index (χ3n) is 6.55. The Morgan fingerprint density at radius 3 is 2.58 bits per heavy atom. The van der Waals surface area contributed by atoms with E-state index in [0.717, 1.165) is 44.3 Å². The summed E-state index contributed by atoms with van der Waals surface area (Å²) >= 11 is 0. The molecule has 184 valence electrons. The van der Waals surface area contributed by atoms with Crippen molar-refractivity contribution >= 4 is 17.8 Å². The van der Waals surface area contributed by atoms with E-state index in [9.17, 15) is 24.6 Å². The van der Waals surface area contributed by atoms with Gasteiger partial charge in [0.2, 0.25) is 5.91 Å². The summed E-state index contributed by atoms with van der Waals surface area (Å²) < 4.78 is 5.46. The number of carbonyl (C=O) groups is 3. The highest BCUT2D eigenvalue weighted by molar-refractivity contribution is 5.90. The van der Waals surface area contributed by atoms with E-state index in [1.165, 1.54) is 6.92 Å². The summed E-state index contributed by atoms with van der Waals surface area (Å²) in [5, 5.41) is 22.2. The van der Waals surface area contributed by atoms with Gasteiger partial charge in [0.25, 0.3) is 0 Å². The number of aliphatic hydroxyl groups is 1. The van der Waals surface area contributed by atoms with E-state index in [1.54, 1.807) is 19.9 Å². The highest BCUT2D eigenvalue weighted by atomic mass is 16.6. The van der Waals surface area contributed by atoms with Crippen LogP contribution in [-0.2, 0) is 19.8 Å². The van der Waals surface area contributed by atoms with Crippen LogP contribution in [0.15, 0.2) is 24.3 Å². The third kappa shape index (κ3) is 7.01. The number of hydrogen-bond acceptors (Lipinski definition) is 6. The number of hydrogen-bond donors (Lipinski definition) is 3. The molecule has 0 aromatic heterocycles. The molecule has 0 aliphatic carbocycles. The SMILES string of the molecule is CCC1(c2cccc(OC(=O)C(C)(O)CC(=O)NC(C(=O)O)C(C)C)c2)CCCCN(C)C1. The number of ether oxygens (including phenoxy) is 1. The number of nitrogens with zero attached hydrogens (tertiary/aromatic N) is 1. The topological polar surface area (TPSA) is 116 Å². The quantitative estimate of drug-likeness (QED) is 0.382. The first kappa shape index (κ1) is 26.8. The van der Waals surface area contributed by atoms with Crippen LogP contribution in [0.5, 0.6) is 5.75 Å². The molecule has 1 aliphatic heterocycles. The van der Waals surface area contributed by atoms with Gasteiger partial charge in [0, 0.05) is 12.0 Å². The largest absolute Gasteiger partial charge is 0.480 e. The molecule has 1 amide bonds. The highest BCUT2D eigenvalue weighted by Crippen LogP contribution is 2.37. The molecular weight excluding hydrogens is 424 g/mol. The Bertz CT molecular complexity index is 853. The summed E-state index contributed by atoms with van der Waals surface area (Å²) in [5.41, 5.74) is -1.06. The van der Waals surface area contributed by atoms with Gasteiger partial charge in [0.15, 0.2) is 5.60 Å². The number of carboxylic acids is 1. The fraction of sp³-hybridized carbons (Fsp3) is 0.640. The van der Waals surface area contributed by atoms with Crippen LogP contribution in [0.4, 0.5) is 0 Å². The van der Waals surface area contributed by atoms with Gasteiger partial charge in [0.1, 0.15) is 11.8 Å². The summed E-state index contributed by atoms with van der Waals surface area (Å²) in [6.45, 7) is 8.65. The Kier molecular flexibility index (Phi) is 9.03. The number of nitrogens with one attached hydrogen (secondary N) is 1. The number of likely N-dealkylation sites (tertiary alicyclic amines) is 1. The van der Waals surface area contributed by atoms with Gasteiger partial charge in [-0.15, -0.1) is 0 Å². The van der Waals surface area contributed by atoms with Gasteiger partial charge in [-0.2, -0.15) is 0 Å². The minimum atomic E-state index is -2.11. The number of aliphatic carboxylic acids is 1. The maximum absolute atomic E-state index is 12.7. The lowest BCUT2D eigenvalue weighted by atomic mass is 9.74. The third-order valence-corrected chi connectivity index (χ3v) is 6.55. The zero-order chi connectivity index (χ0) is 24.8. The second-order valence-electron chi connectivity index (χ2n) is 9.82. The maximum atomic E-state index is 12.7. The van der Waals surface area contributed by atoms with E-state index < -0.39 is 35.9 Å².